The van der Waals surface area contributed by atoms with E-state index < -0.39 is 0 Å². The molecule has 0 aromatic rings. The van der Waals surface area contributed by atoms with Crippen LogP contribution >= 0.6 is 11.8 Å². The smallest absolute Gasteiger partial charge is 0.0496 e. The fourth-order valence-electron chi connectivity index (χ4n) is 1.11. The maximum atomic E-state index is 9.23. The van der Waals surface area contributed by atoms with Crippen LogP contribution in [0.15, 0.2) is 0 Å². The van der Waals surface area contributed by atoms with Gasteiger partial charge in [0.2, 0.25) is 0 Å². The first-order valence-corrected chi connectivity index (χ1v) is 6.80. The lowest BCUT2D eigenvalue weighted by atomic mass is 9.88. The molecule has 0 radical (unpaired) electrons. The molecule has 0 saturated heterocycles. The Balaban J connectivity index is 3.68. The largest absolute Gasteiger partial charge is 0.396 e. The highest BCUT2D eigenvalue weighted by Crippen LogP contribution is 2.18. The molecule has 0 heterocycles. The predicted molar refractivity (Wildman–Crippen MR) is 65.9 cm³/mol. The van der Waals surface area contributed by atoms with E-state index in [0.717, 1.165) is 13.0 Å². The van der Waals surface area contributed by atoms with Crippen LogP contribution in [0.2, 0.25) is 0 Å². The molecule has 0 aliphatic rings. The standard InChI is InChI=1S/C11H25NOS/c1-5-11(3,9-13)8-12-10(2)6-7-14-4/h10,12-13H,5-9H2,1-4H3. The normalized spacial score (nSPS) is 17.8. The van der Waals surface area contributed by atoms with Gasteiger partial charge in [-0.1, -0.05) is 13.8 Å². The first kappa shape index (κ1) is 14.3. The second-order valence-electron chi connectivity index (χ2n) is 4.39. The molecule has 2 nitrogen and oxygen atoms in total. The summed E-state index contributed by atoms with van der Waals surface area (Å²) in [4.78, 5) is 0. The van der Waals surface area contributed by atoms with Crippen LogP contribution in [0.1, 0.15) is 33.6 Å². The van der Waals surface area contributed by atoms with E-state index in [4.69, 9.17) is 0 Å². The van der Waals surface area contributed by atoms with Gasteiger partial charge < -0.3 is 10.4 Å². The summed E-state index contributed by atoms with van der Waals surface area (Å²) in [6, 6.07) is 0.555. The SMILES string of the molecule is CCC(C)(CO)CNC(C)CCSC. The highest BCUT2D eigenvalue weighted by molar-refractivity contribution is 7.98. The average molecular weight is 219 g/mol. The Bertz CT molecular complexity index is 137. The lowest BCUT2D eigenvalue weighted by molar-refractivity contribution is 0.132. The summed E-state index contributed by atoms with van der Waals surface area (Å²) < 4.78 is 0. The topological polar surface area (TPSA) is 32.3 Å². The molecule has 0 aromatic carbocycles. The van der Waals surface area contributed by atoms with Gasteiger partial charge in [0.15, 0.2) is 0 Å². The lowest BCUT2D eigenvalue weighted by Gasteiger charge is -2.28. The van der Waals surface area contributed by atoms with Crippen LogP contribution in [0.4, 0.5) is 0 Å². The van der Waals surface area contributed by atoms with E-state index in [2.05, 4.69) is 32.3 Å². The van der Waals surface area contributed by atoms with E-state index in [9.17, 15) is 5.11 Å². The van der Waals surface area contributed by atoms with Crippen LogP contribution in [0.3, 0.4) is 0 Å². The van der Waals surface area contributed by atoms with Crippen LogP contribution in [0.5, 0.6) is 0 Å². The van der Waals surface area contributed by atoms with Gasteiger partial charge in [-0.3, -0.25) is 0 Å². The van der Waals surface area contributed by atoms with E-state index in [-0.39, 0.29) is 12.0 Å². The molecule has 0 saturated carbocycles. The van der Waals surface area contributed by atoms with Gasteiger partial charge in [-0.2, -0.15) is 11.8 Å². The zero-order valence-corrected chi connectivity index (χ0v) is 10.8. The number of nitrogens with one attached hydrogen (secondary N) is 1. The van der Waals surface area contributed by atoms with E-state index in [1.807, 2.05) is 11.8 Å². The van der Waals surface area contributed by atoms with Crippen LogP contribution in [-0.4, -0.2) is 36.3 Å². The molecular formula is C11H25NOS. The van der Waals surface area contributed by atoms with Crippen molar-refractivity contribution in [1.82, 2.24) is 5.32 Å². The lowest BCUT2D eigenvalue weighted by Crippen LogP contribution is -2.39. The molecular weight excluding hydrogens is 194 g/mol. The van der Waals surface area contributed by atoms with Gasteiger partial charge in [-0.05, 0) is 31.8 Å². The summed E-state index contributed by atoms with van der Waals surface area (Å²) in [5, 5.41) is 12.7. The molecule has 0 bridgehead atoms. The van der Waals surface area contributed by atoms with Crippen molar-refractivity contribution in [2.45, 2.75) is 39.7 Å². The number of thioether (sulfide) groups is 1. The van der Waals surface area contributed by atoms with Crippen LogP contribution in [0, 0.1) is 5.41 Å². The molecule has 3 heteroatoms. The Morgan fingerprint density at radius 1 is 1.50 bits per heavy atom. The molecule has 86 valence electrons. The van der Waals surface area contributed by atoms with Crippen molar-refractivity contribution in [3.63, 3.8) is 0 Å². The zero-order chi connectivity index (χ0) is 11.0. The summed E-state index contributed by atoms with van der Waals surface area (Å²) in [5.41, 5.74) is 0.0492. The van der Waals surface area contributed by atoms with Crippen molar-refractivity contribution in [2.24, 2.45) is 5.41 Å². The fraction of sp³-hybridized carbons (Fsp3) is 1.00. The number of rotatable bonds is 8. The minimum Gasteiger partial charge on any atom is -0.396 e. The minimum absolute atomic E-state index is 0.0492. The Morgan fingerprint density at radius 3 is 2.57 bits per heavy atom. The Morgan fingerprint density at radius 2 is 2.14 bits per heavy atom. The highest BCUT2D eigenvalue weighted by atomic mass is 32.2. The molecule has 0 aliphatic heterocycles. The quantitative estimate of drug-likeness (QED) is 0.656. The van der Waals surface area contributed by atoms with Gasteiger partial charge >= 0.3 is 0 Å². The van der Waals surface area contributed by atoms with Gasteiger partial charge in [0.05, 0.1) is 0 Å². The van der Waals surface area contributed by atoms with Crippen LogP contribution < -0.4 is 5.32 Å². The van der Waals surface area contributed by atoms with Gasteiger partial charge in [-0.25, -0.2) is 0 Å². The minimum atomic E-state index is 0.0492. The van der Waals surface area contributed by atoms with Crippen molar-refractivity contribution in [1.29, 1.82) is 0 Å². The van der Waals surface area contributed by atoms with Gasteiger partial charge in [0.25, 0.3) is 0 Å². The maximum Gasteiger partial charge on any atom is 0.0496 e. The summed E-state index contributed by atoms with van der Waals surface area (Å²) in [6.07, 6.45) is 4.36. The van der Waals surface area contributed by atoms with Crippen molar-refractivity contribution in [3.8, 4) is 0 Å². The Hall–Kier alpha value is 0.270. The second-order valence-corrected chi connectivity index (χ2v) is 5.37. The van der Waals surface area contributed by atoms with E-state index in [0.29, 0.717) is 6.04 Å². The van der Waals surface area contributed by atoms with Crippen molar-refractivity contribution >= 4 is 11.8 Å². The van der Waals surface area contributed by atoms with Gasteiger partial charge in [-0.15, -0.1) is 0 Å². The summed E-state index contributed by atoms with van der Waals surface area (Å²) in [5.74, 6) is 1.20. The Kier molecular flexibility index (Phi) is 7.69. The molecule has 0 amide bonds. The van der Waals surface area contributed by atoms with Gasteiger partial charge in [0.1, 0.15) is 0 Å². The second kappa shape index (κ2) is 7.55. The number of hydrogen-bond acceptors (Lipinski definition) is 3. The zero-order valence-electron chi connectivity index (χ0n) is 9.97. The highest BCUT2D eigenvalue weighted by Gasteiger charge is 2.20. The number of aliphatic hydroxyl groups excluding tert-OH is 1. The van der Waals surface area contributed by atoms with Crippen LogP contribution in [-0.2, 0) is 0 Å². The molecule has 2 N–H and O–H groups in total. The molecule has 2 atom stereocenters. The fourth-order valence-corrected chi connectivity index (χ4v) is 1.70. The van der Waals surface area contributed by atoms with E-state index >= 15 is 0 Å². The third-order valence-corrected chi connectivity index (χ3v) is 3.51. The molecule has 0 aliphatic carbocycles. The van der Waals surface area contributed by atoms with Crippen molar-refractivity contribution in [3.05, 3.63) is 0 Å². The molecule has 14 heavy (non-hydrogen) atoms. The molecule has 0 rings (SSSR count). The molecule has 0 fully saturated rings. The van der Waals surface area contributed by atoms with E-state index in [1.165, 1.54) is 12.2 Å². The molecule has 0 aromatic heterocycles. The third-order valence-electron chi connectivity index (χ3n) is 2.87. The number of hydrogen-bond donors (Lipinski definition) is 2. The van der Waals surface area contributed by atoms with Crippen LogP contribution in [0.25, 0.3) is 0 Å². The van der Waals surface area contributed by atoms with E-state index in [1.54, 1.807) is 0 Å². The monoisotopic (exact) mass is 219 g/mol. The van der Waals surface area contributed by atoms with Crippen molar-refractivity contribution < 1.29 is 5.11 Å². The summed E-state index contributed by atoms with van der Waals surface area (Å²) >= 11 is 1.89. The first-order chi connectivity index (χ1) is 6.58. The van der Waals surface area contributed by atoms with Gasteiger partial charge in [0, 0.05) is 24.6 Å². The predicted octanol–water partition coefficient (Wildman–Crippen LogP) is 2.13. The third kappa shape index (κ3) is 5.89. The van der Waals surface area contributed by atoms with Crippen molar-refractivity contribution in [2.75, 3.05) is 25.2 Å². The number of aliphatic hydroxyl groups is 1. The average Bonchev–Trinajstić information content (AvgIpc) is 2.23. The summed E-state index contributed by atoms with van der Waals surface area (Å²) in [7, 11) is 0. The molecule has 2 unspecified atom stereocenters. The molecule has 0 spiro atoms. The first-order valence-electron chi connectivity index (χ1n) is 5.41. The maximum absolute atomic E-state index is 9.23. The Labute approximate surface area is 92.9 Å². The summed E-state index contributed by atoms with van der Waals surface area (Å²) in [6.45, 7) is 7.65.